The molecule has 0 unspecified atom stereocenters. The van der Waals surface area contributed by atoms with Gasteiger partial charge in [0.05, 0.1) is 0 Å². The van der Waals surface area contributed by atoms with E-state index < -0.39 is 5.91 Å². The van der Waals surface area contributed by atoms with Gasteiger partial charge in [0.2, 0.25) is 0 Å². The second kappa shape index (κ2) is 4.49. The van der Waals surface area contributed by atoms with Gasteiger partial charge >= 0.3 is 0 Å². The summed E-state index contributed by atoms with van der Waals surface area (Å²) in [6.07, 6.45) is 3.72. The molecule has 1 amide bonds. The number of primary amides is 1. The Morgan fingerprint density at radius 2 is 2.31 bits per heavy atom. The molecule has 1 heterocycles. The fraction of sp³-hybridized carbons (Fsp3) is 0.455. The zero-order chi connectivity index (χ0) is 11.5. The topological polar surface area (TPSA) is 94.0 Å². The first-order chi connectivity index (χ1) is 7.65. The van der Waals surface area contributed by atoms with Crippen LogP contribution in [0.25, 0.3) is 0 Å². The Labute approximate surface area is 94.2 Å². The first-order valence-corrected chi connectivity index (χ1v) is 5.40. The van der Waals surface area contributed by atoms with Gasteiger partial charge in [-0.25, -0.2) is 0 Å². The van der Waals surface area contributed by atoms with E-state index in [0.29, 0.717) is 12.0 Å². The van der Waals surface area contributed by atoms with E-state index in [9.17, 15) is 4.79 Å². The van der Waals surface area contributed by atoms with Gasteiger partial charge in [0.1, 0.15) is 5.69 Å². The van der Waals surface area contributed by atoms with E-state index in [-0.39, 0.29) is 5.69 Å². The number of hydrogen-bond donors (Lipinski definition) is 3. The van der Waals surface area contributed by atoms with Crippen molar-refractivity contribution in [2.75, 3.05) is 11.9 Å². The number of nitrogens with one attached hydrogen (secondary N) is 1. The van der Waals surface area contributed by atoms with Crippen LogP contribution in [0.2, 0.25) is 0 Å². The predicted octanol–water partition coefficient (Wildman–Crippen LogP) is 0.330. The summed E-state index contributed by atoms with van der Waals surface area (Å²) in [6.45, 7) is 0.885. The summed E-state index contributed by atoms with van der Waals surface area (Å²) < 4.78 is 0. The van der Waals surface area contributed by atoms with E-state index in [1.54, 1.807) is 12.3 Å². The Bertz CT molecular complexity index is 387. The van der Waals surface area contributed by atoms with Crippen molar-refractivity contribution in [1.29, 1.82) is 0 Å². The Balaban J connectivity index is 1.89. The van der Waals surface area contributed by atoms with E-state index in [0.717, 1.165) is 25.1 Å². The quantitative estimate of drug-likeness (QED) is 0.681. The van der Waals surface area contributed by atoms with E-state index in [4.69, 9.17) is 11.5 Å². The first-order valence-electron chi connectivity index (χ1n) is 5.40. The number of anilines is 1. The van der Waals surface area contributed by atoms with Crippen LogP contribution in [-0.4, -0.2) is 23.5 Å². The summed E-state index contributed by atoms with van der Waals surface area (Å²) in [4.78, 5) is 14.8. The van der Waals surface area contributed by atoms with Gasteiger partial charge in [0.15, 0.2) is 0 Å². The third-order valence-electron chi connectivity index (χ3n) is 2.88. The molecule has 5 N–H and O–H groups in total. The van der Waals surface area contributed by atoms with Crippen molar-refractivity contribution in [3.8, 4) is 0 Å². The molecule has 1 aromatic rings. The molecular formula is C11H16N4O. The zero-order valence-electron chi connectivity index (χ0n) is 9.02. The van der Waals surface area contributed by atoms with Crippen LogP contribution >= 0.6 is 0 Å². The number of carbonyl (C=O) groups excluding carboxylic acids is 1. The van der Waals surface area contributed by atoms with Crippen LogP contribution in [-0.2, 0) is 0 Å². The highest BCUT2D eigenvalue weighted by molar-refractivity contribution is 5.91. The minimum absolute atomic E-state index is 0.287. The average molecular weight is 220 g/mol. The third kappa shape index (κ3) is 2.49. The predicted molar refractivity (Wildman–Crippen MR) is 61.9 cm³/mol. The molecule has 0 spiro atoms. The van der Waals surface area contributed by atoms with E-state index in [1.165, 1.54) is 0 Å². The number of aromatic nitrogens is 1. The molecule has 16 heavy (non-hydrogen) atoms. The maximum atomic E-state index is 10.9. The lowest BCUT2D eigenvalue weighted by atomic mass is 9.81. The molecule has 0 saturated heterocycles. The van der Waals surface area contributed by atoms with Gasteiger partial charge in [-0.2, -0.15) is 0 Å². The van der Waals surface area contributed by atoms with Crippen LogP contribution in [0.4, 0.5) is 5.69 Å². The molecule has 1 aliphatic rings. The number of hydrogen-bond acceptors (Lipinski definition) is 4. The van der Waals surface area contributed by atoms with Gasteiger partial charge in [-0.05, 0) is 30.9 Å². The maximum Gasteiger partial charge on any atom is 0.267 e. The van der Waals surface area contributed by atoms with Crippen molar-refractivity contribution in [2.24, 2.45) is 17.4 Å². The largest absolute Gasteiger partial charge is 0.385 e. The molecule has 0 atom stereocenters. The first kappa shape index (κ1) is 10.9. The molecule has 0 aliphatic heterocycles. The molecule has 0 aromatic carbocycles. The van der Waals surface area contributed by atoms with Gasteiger partial charge in [0.25, 0.3) is 5.91 Å². The smallest absolute Gasteiger partial charge is 0.267 e. The zero-order valence-corrected chi connectivity index (χ0v) is 9.02. The summed E-state index contributed by atoms with van der Waals surface area (Å²) in [5, 5.41) is 3.26. The van der Waals surface area contributed by atoms with Gasteiger partial charge in [-0.1, -0.05) is 0 Å². The number of amides is 1. The van der Waals surface area contributed by atoms with Crippen molar-refractivity contribution >= 4 is 11.6 Å². The summed E-state index contributed by atoms with van der Waals surface area (Å²) in [5.74, 6) is 0.134. The van der Waals surface area contributed by atoms with E-state index in [2.05, 4.69) is 10.3 Å². The molecule has 5 heteroatoms. The highest BCUT2D eigenvalue weighted by atomic mass is 16.1. The fourth-order valence-corrected chi connectivity index (χ4v) is 1.89. The van der Waals surface area contributed by atoms with Crippen molar-refractivity contribution in [1.82, 2.24) is 4.98 Å². The molecule has 1 saturated carbocycles. The van der Waals surface area contributed by atoms with Crippen molar-refractivity contribution in [2.45, 2.75) is 18.9 Å². The Morgan fingerprint density at radius 1 is 1.56 bits per heavy atom. The molecule has 0 bridgehead atoms. The SMILES string of the molecule is NC(=O)c1cc(NCC2CC(N)C2)ccn1. The number of nitrogens with two attached hydrogens (primary N) is 2. The molecular weight excluding hydrogens is 204 g/mol. The van der Waals surface area contributed by atoms with Crippen molar-refractivity contribution in [3.63, 3.8) is 0 Å². The minimum Gasteiger partial charge on any atom is -0.385 e. The van der Waals surface area contributed by atoms with Crippen LogP contribution in [0.3, 0.4) is 0 Å². The number of carbonyl (C=O) groups is 1. The van der Waals surface area contributed by atoms with Crippen LogP contribution in [0, 0.1) is 5.92 Å². The van der Waals surface area contributed by atoms with E-state index in [1.807, 2.05) is 6.07 Å². The van der Waals surface area contributed by atoms with Crippen LogP contribution < -0.4 is 16.8 Å². The highest BCUT2D eigenvalue weighted by Gasteiger charge is 2.25. The minimum atomic E-state index is -0.505. The summed E-state index contributed by atoms with van der Waals surface area (Å²) in [5.41, 5.74) is 12.0. The standard InChI is InChI=1S/C11H16N4O/c12-8-3-7(4-8)6-15-9-1-2-14-10(5-9)11(13)16/h1-2,5,7-8H,3-4,6,12H2,(H2,13,16)(H,14,15). The average Bonchev–Trinajstić information content (AvgIpc) is 2.23. The molecule has 5 nitrogen and oxygen atoms in total. The second-order valence-electron chi connectivity index (χ2n) is 4.27. The monoisotopic (exact) mass is 220 g/mol. The fourth-order valence-electron chi connectivity index (χ4n) is 1.89. The Hall–Kier alpha value is -1.62. The van der Waals surface area contributed by atoms with Crippen LogP contribution in [0.1, 0.15) is 23.3 Å². The Kier molecular flexibility index (Phi) is 3.05. The highest BCUT2D eigenvalue weighted by Crippen LogP contribution is 2.25. The number of nitrogens with zero attached hydrogens (tertiary/aromatic N) is 1. The Morgan fingerprint density at radius 3 is 2.94 bits per heavy atom. The summed E-state index contributed by atoms with van der Waals surface area (Å²) in [6, 6.07) is 3.86. The number of rotatable bonds is 4. The number of pyridine rings is 1. The van der Waals surface area contributed by atoms with Crippen molar-refractivity contribution in [3.05, 3.63) is 24.0 Å². The lowest BCUT2D eigenvalue weighted by molar-refractivity contribution is 0.0995. The normalized spacial score (nSPS) is 23.6. The lowest BCUT2D eigenvalue weighted by Gasteiger charge is -2.32. The van der Waals surface area contributed by atoms with E-state index >= 15 is 0 Å². The maximum absolute atomic E-state index is 10.9. The summed E-state index contributed by atoms with van der Waals surface area (Å²) >= 11 is 0. The molecule has 86 valence electrons. The second-order valence-corrected chi connectivity index (χ2v) is 4.27. The van der Waals surface area contributed by atoms with Gasteiger partial charge in [0, 0.05) is 24.5 Å². The molecule has 0 radical (unpaired) electrons. The summed E-state index contributed by atoms with van der Waals surface area (Å²) in [7, 11) is 0. The van der Waals surface area contributed by atoms with Gasteiger partial charge in [-0.15, -0.1) is 0 Å². The lowest BCUT2D eigenvalue weighted by Crippen LogP contribution is -2.39. The van der Waals surface area contributed by atoms with Crippen LogP contribution in [0.15, 0.2) is 18.3 Å². The van der Waals surface area contributed by atoms with Crippen LogP contribution in [0.5, 0.6) is 0 Å². The third-order valence-corrected chi connectivity index (χ3v) is 2.88. The molecule has 1 fully saturated rings. The van der Waals surface area contributed by atoms with Gasteiger partial charge in [-0.3, -0.25) is 9.78 Å². The van der Waals surface area contributed by atoms with Gasteiger partial charge < -0.3 is 16.8 Å². The van der Waals surface area contributed by atoms with Crippen molar-refractivity contribution < 1.29 is 4.79 Å². The molecule has 1 aliphatic carbocycles. The molecule has 1 aromatic heterocycles. The molecule has 2 rings (SSSR count).